The van der Waals surface area contributed by atoms with Crippen molar-refractivity contribution in [2.45, 2.75) is 33.0 Å². The lowest BCUT2D eigenvalue weighted by atomic mass is 9.84. The highest BCUT2D eigenvalue weighted by molar-refractivity contribution is 5.83. The molecule has 0 aliphatic heterocycles. The van der Waals surface area contributed by atoms with Crippen LogP contribution in [0.5, 0.6) is 0 Å². The van der Waals surface area contributed by atoms with Gasteiger partial charge in [-0.1, -0.05) is 24.3 Å². The van der Waals surface area contributed by atoms with E-state index in [1.165, 1.54) is 0 Å². The van der Waals surface area contributed by atoms with E-state index in [2.05, 4.69) is 6.58 Å². The highest BCUT2D eigenvalue weighted by Crippen LogP contribution is 2.26. The van der Waals surface area contributed by atoms with E-state index in [9.17, 15) is 9.59 Å². The molecule has 1 aliphatic carbocycles. The third-order valence-electron chi connectivity index (χ3n) is 2.86. The summed E-state index contributed by atoms with van der Waals surface area (Å²) in [6.07, 6.45) is 3.82. The van der Waals surface area contributed by atoms with Crippen molar-refractivity contribution in [1.82, 2.24) is 0 Å². The SMILES string of the molecule is C=C(C)COC(C)OC(=O)C1C=CCCC1C(=O)O. The molecule has 0 aromatic rings. The summed E-state index contributed by atoms with van der Waals surface area (Å²) in [5.41, 5.74) is 0.823. The molecule has 0 spiro atoms. The first-order chi connectivity index (χ1) is 8.91. The Bertz CT molecular complexity index is 385. The molecule has 5 nitrogen and oxygen atoms in total. The number of carboxylic acids is 1. The van der Waals surface area contributed by atoms with Crippen LogP contribution in [0.1, 0.15) is 26.7 Å². The zero-order chi connectivity index (χ0) is 14.4. The smallest absolute Gasteiger partial charge is 0.315 e. The van der Waals surface area contributed by atoms with E-state index >= 15 is 0 Å². The molecule has 106 valence electrons. The van der Waals surface area contributed by atoms with Crippen LogP contribution in [0.15, 0.2) is 24.3 Å². The first-order valence-electron chi connectivity index (χ1n) is 6.27. The molecule has 0 fully saturated rings. The molecule has 0 heterocycles. The zero-order valence-corrected chi connectivity index (χ0v) is 11.3. The highest BCUT2D eigenvalue weighted by atomic mass is 16.7. The van der Waals surface area contributed by atoms with Gasteiger partial charge in [0.1, 0.15) is 0 Å². The Labute approximate surface area is 112 Å². The van der Waals surface area contributed by atoms with Gasteiger partial charge in [0.2, 0.25) is 0 Å². The second-order valence-electron chi connectivity index (χ2n) is 4.75. The van der Waals surface area contributed by atoms with Crippen molar-refractivity contribution < 1.29 is 24.2 Å². The molecule has 0 saturated heterocycles. The fourth-order valence-electron chi connectivity index (χ4n) is 1.89. The molecule has 3 unspecified atom stereocenters. The maximum Gasteiger partial charge on any atom is 0.315 e. The van der Waals surface area contributed by atoms with Gasteiger partial charge in [-0.05, 0) is 26.7 Å². The maximum absolute atomic E-state index is 11.9. The molecule has 0 bridgehead atoms. The minimum atomic E-state index is -0.971. The Morgan fingerprint density at radius 2 is 2.21 bits per heavy atom. The van der Waals surface area contributed by atoms with E-state index in [-0.39, 0.29) is 0 Å². The molecule has 19 heavy (non-hydrogen) atoms. The number of carbonyl (C=O) groups is 2. The van der Waals surface area contributed by atoms with E-state index < -0.39 is 30.1 Å². The van der Waals surface area contributed by atoms with Crippen LogP contribution in [0, 0.1) is 11.8 Å². The van der Waals surface area contributed by atoms with Crippen LogP contribution in [0.3, 0.4) is 0 Å². The standard InChI is InChI=1S/C14H20O5/c1-9(2)8-18-10(3)19-14(17)12-7-5-4-6-11(12)13(15)16/h5,7,10-12H,1,4,6,8H2,2-3H3,(H,15,16). The summed E-state index contributed by atoms with van der Waals surface area (Å²) in [5.74, 6) is -2.98. The fourth-order valence-corrected chi connectivity index (χ4v) is 1.89. The molecular weight excluding hydrogens is 248 g/mol. The molecule has 0 radical (unpaired) electrons. The van der Waals surface area contributed by atoms with E-state index in [1.54, 1.807) is 19.9 Å². The van der Waals surface area contributed by atoms with Crippen molar-refractivity contribution in [2.24, 2.45) is 11.8 Å². The lowest BCUT2D eigenvalue weighted by Gasteiger charge is -2.24. The number of aliphatic carboxylic acids is 1. The number of rotatable bonds is 6. The van der Waals surface area contributed by atoms with Gasteiger partial charge in [-0.2, -0.15) is 0 Å². The summed E-state index contributed by atoms with van der Waals surface area (Å²) in [6, 6.07) is 0. The number of carbonyl (C=O) groups excluding carboxylic acids is 1. The molecule has 0 saturated carbocycles. The predicted molar refractivity (Wildman–Crippen MR) is 69.3 cm³/mol. The molecule has 0 aromatic carbocycles. The predicted octanol–water partition coefficient (Wildman–Crippen LogP) is 2.14. The molecule has 0 amide bonds. The minimum Gasteiger partial charge on any atom is -0.481 e. The molecule has 3 atom stereocenters. The summed E-state index contributed by atoms with van der Waals surface area (Å²) in [4.78, 5) is 23.0. The Balaban J connectivity index is 2.55. The first kappa shape index (κ1) is 15.4. The van der Waals surface area contributed by atoms with Gasteiger partial charge in [0.05, 0.1) is 18.4 Å². The van der Waals surface area contributed by atoms with Crippen LogP contribution in [-0.2, 0) is 19.1 Å². The van der Waals surface area contributed by atoms with Crippen molar-refractivity contribution in [1.29, 1.82) is 0 Å². The molecule has 5 heteroatoms. The van der Waals surface area contributed by atoms with Gasteiger partial charge in [-0.15, -0.1) is 0 Å². The second kappa shape index (κ2) is 7.09. The van der Waals surface area contributed by atoms with Crippen LogP contribution in [0.2, 0.25) is 0 Å². The second-order valence-corrected chi connectivity index (χ2v) is 4.75. The Morgan fingerprint density at radius 1 is 1.53 bits per heavy atom. The summed E-state index contributed by atoms with van der Waals surface area (Å²) in [6.45, 7) is 7.38. The van der Waals surface area contributed by atoms with E-state index in [1.807, 2.05) is 6.08 Å². The van der Waals surface area contributed by atoms with Gasteiger partial charge in [-0.3, -0.25) is 9.59 Å². The quantitative estimate of drug-likeness (QED) is 0.454. The molecule has 1 aliphatic rings. The minimum absolute atomic E-state index is 0.303. The van der Waals surface area contributed by atoms with Gasteiger partial charge < -0.3 is 14.6 Å². The van der Waals surface area contributed by atoms with E-state index in [0.29, 0.717) is 19.4 Å². The average molecular weight is 268 g/mol. The van der Waals surface area contributed by atoms with Gasteiger partial charge >= 0.3 is 11.9 Å². The number of hydrogen-bond acceptors (Lipinski definition) is 4. The van der Waals surface area contributed by atoms with Gasteiger partial charge in [0.25, 0.3) is 0 Å². The van der Waals surface area contributed by atoms with Crippen LogP contribution in [0.25, 0.3) is 0 Å². The summed E-state index contributed by atoms with van der Waals surface area (Å²) in [5, 5.41) is 9.08. The highest BCUT2D eigenvalue weighted by Gasteiger charge is 2.35. The summed E-state index contributed by atoms with van der Waals surface area (Å²) < 4.78 is 10.4. The third-order valence-corrected chi connectivity index (χ3v) is 2.86. The van der Waals surface area contributed by atoms with Crippen LogP contribution in [0.4, 0.5) is 0 Å². The van der Waals surface area contributed by atoms with Crippen LogP contribution >= 0.6 is 0 Å². The topological polar surface area (TPSA) is 72.8 Å². The number of esters is 1. The van der Waals surface area contributed by atoms with E-state index in [0.717, 1.165) is 5.57 Å². The largest absolute Gasteiger partial charge is 0.481 e. The Kier molecular flexibility index (Phi) is 5.76. The monoisotopic (exact) mass is 268 g/mol. The fraction of sp³-hybridized carbons (Fsp3) is 0.571. The lowest BCUT2D eigenvalue weighted by Crippen LogP contribution is -2.33. The van der Waals surface area contributed by atoms with Crippen molar-refractivity contribution in [3.63, 3.8) is 0 Å². The van der Waals surface area contributed by atoms with Crippen molar-refractivity contribution in [3.8, 4) is 0 Å². The zero-order valence-electron chi connectivity index (χ0n) is 11.3. The Hall–Kier alpha value is -1.62. The summed E-state index contributed by atoms with van der Waals surface area (Å²) >= 11 is 0. The van der Waals surface area contributed by atoms with Crippen molar-refractivity contribution in [2.75, 3.05) is 6.61 Å². The molecule has 1 rings (SSSR count). The third kappa shape index (κ3) is 4.87. The number of hydrogen-bond donors (Lipinski definition) is 1. The number of ether oxygens (including phenoxy) is 2. The van der Waals surface area contributed by atoms with Gasteiger partial charge in [0.15, 0.2) is 6.29 Å². The van der Waals surface area contributed by atoms with Crippen molar-refractivity contribution in [3.05, 3.63) is 24.3 Å². The van der Waals surface area contributed by atoms with Gasteiger partial charge in [-0.25, -0.2) is 0 Å². The average Bonchev–Trinajstić information content (AvgIpc) is 2.36. The molecular formula is C14H20O5. The maximum atomic E-state index is 11.9. The summed E-state index contributed by atoms with van der Waals surface area (Å²) in [7, 11) is 0. The number of carboxylic acid groups (broad SMARTS) is 1. The van der Waals surface area contributed by atoms with Crippen LogP contribution in [-0.4, -0.2) is 29.9 Å². The normalized spacial score (nSPS) is 23.7. The van der Waals surface area contributed by atoms with Crippen molar-refractivity contribution >= 4 is 11.9 Å². The van der Waals surface area contributed by atoms with Crippen LogP contribution < -0.4 is 0 Å². The Morgan fingerprint density at radius 3 is 2.79 bits per heavy atom. The van der Waals surface area contributed by atoms with E-state index in [4.69, 9.17) is 14.6 Å². The molecule has 0 aromatic heterocycles. The first-order valence-corrected chi connectivity index (χ1v) is 6.27. The lowest BCUT2D eigenvalue weighted by molar-refractivity contribution is -0.180. The van der Waals surface area contributed by atoms with Gasteiger partial charge in [0, 0.05) is 0 Å². The number of allylic oxidation sites excluding steroid dienone is 1. The molecule has 1 N–H and O–H groups in total.